The lowest BCUT2D eigenvalue weighted by Gasteiger charge is -2.17. The van der Waals surface area contributed by atoms with Crippen LogP contribution in [-0.2, 0) is 9.53 Å². The maximum absolute atomic E-state index is 11.5. The first-order valence-corrected chi connectivity index (χ1v) is 6.36. The van der Waals surface area contributed by atoms with Gasteiger partial charge >= 0.3 is 12.1 Å². The van der Waals surface area contributed by atoms with Crippen molar-refractivity contribution in [2.45, 2.75) is 19.4 Å². The number of rotatable bonds is 7. The van der Waals surface area contributed by atoms with Gasteiger partial charge in [-0.1, -0.05) is 24.8 Å². The minimum absolute atomic E-state index is 0.0281. The van der Waals surface area contributed by atoms with Crippen molar-refractivity contribution in [1.29, 1.82) is 0 Å². The number of hydrogen-bond acceptors (Lipinski definition) is 5. The van der Waals surface area contributed by atoms with E-state index in [9.17, 15) is 19.7 Å². The Balaban J connectivity index is 3.03. The molecule has 118 valence electrons. The Bertz CT molecular complexity index is 599. The van der Waals surface area contributed by atoms with Crippen LogP contribution in [0.4, 0.5) is 10.5 Å². The van der Waals surface area contributed by atoms with Gasteiger partial charge in [-0.05, 0) is 12.5 Å². The van der Waals surface area contributed by atoms with Crippen molar-refractivity contribution in [2.75, 3.05) is 6.61 Å². The third-order valence-corrected chi connectivity index (χ3v) is 2.84. The fourth-order valence-corrected chi connectivity index (χ4v) is 1.79. The highest BCUT2D eigenvalue weighted by molar-refractivity contribution is 5.72. The molecule has 0 heterocycles. The SMILES string of the molecule is C=CCOC(=O)NC(CC(=O)O)c1ccc(C)c([N+](=O)[O-])c1. The molecule has 1 unspecified atom stereocenters. The smallest absolute Gasteiger partial charge is 0.407 e. The molecule has 0 saturated carbocycles. The molecule has 8 heteroatoms. The van der Waals surface area contributed by atoms with E-state index in [2.05, 4.69) is 11.9 Å². The number of carboxylic acids is 1. The predicted octanol–water partition coefficient (Wildman–Crippen LogP) is 2.33. The van der Waals surface area contributed by atoms with Crippen molar-refractivity contribution < 1.29 is 24.4 Å². The van der Waals surface area contributed by atoms with Gasteiger partial charge < -0.3 is 15.2 Å². The minimum atomic E-state index is -1.16. The maximum Gasteiger partial charge on any atom is 0.407 e. The summed E-state index contributed by atoms with van der Waals surface area (Å²) in [5.41, 5.74) is 0.612. The van der Waals surface area contributed by atoms with Crippen LogP contribution in [0.1, 0.15) is 23.6 Å². The standard InChI is InChI=1S/C14H16N2O6/c1-3-6-22-14(19)15-11(8-13(17)18)10-5-4-9(2)12(7-10)16(20)21/h3-5,7,11H,1,6,8H2,2H3,(H,15,19)(H,17,18). The van der Waals surface area contributed by atoms with E-state index in [0.29, 0.717) is 11.1 Å². The van der Waals surface area contributed by atoms with Gasteiger partial charge in [-0.25, -0.2) is 4.79 Å². The minimum Gasteiger partial charge on any atom is -0.481 e. The number of aryl methyl sites for hydroxylation is 1. The summed E-state index contributed by atoms with van der Waals surface area (Å²) < 4.78 is 4.73. The Hall–Kier alpha value is -2.90. The van der Waals surface area contributed by atoms with Gasteiger partial charge in [-0.15, -0.1) is 0 Å². The van der Waals surface area contributed by atoms with Gasteiger partial charge in [0.05, 0.1) is 17.4 Å². The number of aliphatic carboxylic acids is 1. The molecular weight excluding hydrogens is 292 g/mol. The highest BCUT2D eigenvalue weighted by atomic mass is 16.6. The lowest BCUT2D eigenvalue weighted by Crippen LogP contribution is -2.30. The second-order valence-electron chi connectivity index (χ2n) is 4.48. The molecule has 0 bridgehead atoms. The number of carbonyl (C=O) groups is 2. The van der Waals surface area contributed by atoms with Crippen LogP contribution in [0.25, 0.3) is 0 Å². The van der Waals surface area contributed by atoms with E-state index in [1.54, 1.807) is 6.92 Å². The zero-order valence-electron chi connectivity index (χ0n) is 11.9. The highest BCUT2D eigenvalue weighted by Crippen LogP contribution is 2.25. The van der Waals surface area contributed by atoms with E-state index in [0.717, 1.165) is 0 Å². The summed E-state index contributed by atoms with van der Waals surface area (Å²) in [5, 5.41) is 22.2. The number of carbonyl (C=O) groups excluding carboxylic acids is 1. The molecule has 0 aromatic heterocycles. The van der Waals surface area contributed by atoms with Crippen LogP contribution in [0.2, 0.25) is 0 Å². The van der Waals surface area contributed by atoms with Crippen LogP contribution in [0.15, 0.2) is 30.9 Å². The van der Waals surface area contributed by atoms with Gasteiger partial charge in [-0.2, -0.15) is 0 Å². The van der Waals surface area contributed by atoms with E-state index >= 15 is 0 Å². The highest BCUT2D eigenvalue weighted by Gasteiger charge is 2.21. The van der Waals surface area contributed by atoms with E-state index in [1.807, 2.05) is 0 Å². The molecule has 1 rings (SSSR count). The van der Waals surface area contributed by atoms with Gasteiger partial charge in [-0.3, -0.25) is 14.9 Å². The van der Waals surface area contributed by atoms with Crippen molar-refractivity contribution >= 4 is 17.7 Å². The van der Waals surface area contributed by atoms with Gasteiger partial charge in [0.15, 0.2) is 0 Å². The Kier molecular flexibility index (Phi) is 6.06. The number of ether oxygens (including phenoxy) is 1. The van der Waals surface area contributed by atoms with Gasteiger partial charge in [0.1, 0.15) is 6.61 Å². The van der Waals surface area contributed by atoms with Crippen LogP contribution in [0.5, 0.6) is 0 Å². The predicted molar refractivity (Wildman–Crippen MR) is 77.5 cm³/mol. The van der Waals surface area contributed by atoms with E-state index < -0.39 is 29.4 Å². The Morgan fingerprint density at radius 3 is 2.77 bits per heavy atom. The number of nitro groups is 1. The third kappa shape index (κ3) is 4.89. The molecule has 1 amide bonds. The molecule has 1 aromatic carbocycles. The Morgan fingerprint density at radius 1 is 1.55 bits per heavy atom. The van der Waals surface area contributed by atoms with Gasteiger partial charge in [0.25, 0.3) is 5.69 Å². The molecule has 0 aliphatic rings. The fourth-order valence-electron chi connectivity index (χ4n) is 1.79. The van der Waals surface area contributed by atoms with Crippen LogP contribution in [-0.4, -0.2) is 28.7 Å². The maximum atomic E-state index is 11.5. The summed E-state index contributed by atoms with van der Waals surface area (Å²) >= 11 is 0. The summed E-state index contributed by atoms with van der Waals surface area (Å²) in [6.45, 7) is 4.93. The largest absolute Gasteiger partial charge is 0.481 e. The molecule has 0 spiro atoms. The van der Waals surface area contributed by atoms with E-state index in [-0.39, 0.29) is 12.3 Å². The second kappa shape index (κ2) is 7.77. The number of nitrogens with one attached hydrogen (secondary N) is 1. The number of carboxylic acid groups (broad SMARTS) is 1. The molecular formula is C14H16N2O6. The normalized spacial score (nSPS) is 11.3. The van der Waals surface area contributed by atoms with E-state index in [4.69, 9.17) is 9.84 Å². The fraction of sp³-hybridized carbons (Fsp3) is 0.286. The van der Waals surface area contributed by atoms with E-state index in [1.165, 1.54) is 24.3 Å². The quantitative estimate of drug-likeness (QED) is 0.453. The molecule has 1 atom stereocenters. The first kappa shape index (κ1) is 17.2. The summed E-state index contributed by atoms with van der Waals surface area (Å²) in [7, 11) is 0. The average Bonchev–Trinajstić information content (AvgIpc) is 2.44. The number of nitro benzene ring substituents is 1. The Labute approximate surface area is 126 Å². The van der Waals surface area contributed by atoms with Crippen molar-refractivity contribution in [1.82, 2.24) is 5.32 Å². The molecule has 22 heavy (non-hydrogen) atoms. The van der Waals surface area contributed by atoms with Crippen LogP contribution < -0.4 is 5.32 Å². The molecule has 2 N–H and O–H groups in total. The van der Waals surface area contributed by atoms with Gasteiger partial charge in [0.2, 0.25) is 0 Å². The average molecular weight is 308 g/mol. The van der Waals surface area contributed by atoms with Crippen LogP contribution >= 0.6 is 0 Å². The van der Waals surface area contributed by atoms with Crippen LogP contribution in [0, 0.1) is 17.0 Å². The zero-order chi connectivity index (χ0) is 16.7. The number of hydrogen-bond donors (Lipinski definition) is 2. The van der Waals surface area contributed by atoms with Crippen molar-refractivity contribution in [2.24, 2.45) is 0 Å². The topological polar surface area (TPSA) is 119 Å². The number of benzene rings is 1. The number of alkyl carbamates (subject to hydrolysis) is 1. The van der Waals surface area contributed by atoms with Crippen molar-refractivity contribution in [3.8, 4) is 0 Å². The molecule has 0 aliphatic heterocycles. The summed E-state index contributed by atoms with van der Waals surface area (Å²) in [5.74, 6) is -1.16. The molecule has 0 aliphatic carbocycles. The Morgan fingerprint density at radius 2 is 2.23 bits per heavy atom. The lowest BCUT2D eigenvalue weighted by molar-refractivity contribution is -0.385. The third-order valence-electron chi connectivity index (χ3n) is 2.84. The lowest BCUT2D eigenvalue weighted by atomic mass is 10.0. The second-order valence-corrected chi connectivity index (χ2v) is 4.48. The van der Waals surface area contributed by atoms with Crippen molar-refractivity contribution in [3.05, 3.63) is 52.1 Å². The molecule has 1 aromatic rings. The first-order valence-electron chi connectivity index (χ1n) is 6.36. The van der Waals surface area contributed by atoms with Gasteiger partial charge in [0, 0.05) is 11.6 Å². The molecule has 8 nitrogen and oxygen atoms in total. The number of amides is 1. The molecule has 0 radical (unpaired) electrons. The monoisotopic (exact) mass is 308 g/mol. The summed E-state index contributed by atoms with van der Waals surface area (Å²) in [6.07, 6.45) is 0.112. The summed E-state index contributed by atoms with van der Waals surface area (Å²) in [4.78, 5) is 32.9. The molecule has 0 saturated heterocycles. The van der Waals surface area contributed by atoms with Crippen LogP contribution in [0.3, 0.4) is 0 Å². The summed E-state index contributed by atoms with van der Waals surface area (Å²) in [6, 6.07) is 3.34. The number of nitrogens with zero attached hydrogens (tertiary/aromatic N) is 1. The zero-order valence-corrected chi connectivity index (χ0v) is 11.9. The van der Waals surface area contributed by atoms with Crippen molar-refractivity contribution in [3.63, 3.8) is 0 Å². The molecule has 0 fully saturated rings. The first-order chi connectivity index (χ1) is 10.3.